The van der Waals surface area contributed by atoms with Gasteiger partial charge in [0.05, 0.1) is 6.26 Å². The molecule has 7 nitrogen and oxygen atoms in total. The third kappa shape index (κ3) is 6.58. The first-order chi connectivity index (χ1) is 11.9. The Kier molecular flexibility index (Phi) is 7.68. The van der Waals surface area contributed by atoms with Crippen LogP contribution in [-0.4, -0.2) is 68.4 Å². The Morgan fingerprint density at radius 2 is 1.68 bits per heavy atom. The molecule has 2 heterocycles. The standard InChI is InChI=1S/C17H31N3O4S/c1-25(23,24)20-13-6-7-15(8-10-18-16(21)9-14-20)17(22)19-11-4-2-3-5-12-19/h15H,2-14H2,1H3,(H,18,21). The zero-order valence-corrected chi connectivity index (χ0v) is 16.0. The average Bonchev–Trinajstić information content (AvgIpc) is 2.84. The van der Waals surface area contributed by atoms with Crippen LogP contribution in [-0.2, 0) is 19.6 Å². The number of likely N-dealkylation sites (tertiary alicyclic amines) is 1. The Labute approximate surface area is 151 Å². The molecule has 2 saturated heterocycles. The molecule has 0 aliphatic carbocycles. The third-order valence-corrected chi connectivity index (χ3v) is 6.40. The molecule has 2 amide bonds. The number of hydrogen-bond acceptors (Lipinski definition) is 4. The van der Waals surface area contributed by atoms with Crippen molar-refractivity contribution in [3.05, 3.63) is 0 Å². The summed E-state index contributed by atoms with van der Waals surface area (Å²) in [6.45, 7) is 2.68. The van der Waals surface area contributed by atoms with Gasteiger partial charge >= 0.3 is 0 Å². The molecule has 0 radical (unpaired) electrons. The van der Waals surface area contributed by atoms with Gasteiger partial charge in [0.15, 0.2) is 0 Å². The summed E-state index contributed by atoms with van der Waals surface area (Å²) < 4.78 is 25.1. The average molecular weight is 374 g/mol. The molecule has 2 fully saturated rings. The molecule has 0 bridgehead atoms. The van der Waals surface area contributed by atoms with Crippen LogP contribution in [0, 0.1) is 5.92 Å². The van der Waals surface area contributed by atoms with E-state index in [0.717, 1.165) is 25.9 Å². The molecule has 2 aliphatic rings. The first-order valence-corrected chi connectivity index (χ1v) is 11.2. The molecule has 0 spiro atoms. The maximum Gasteiger partial charge on any atom is 0.225 e. The molecule has 0 saturated carbocycles. The number of amides is 2. The van der Waals surface area contributed by atoms with Gasteiger partial charge in [-0.1, -0.05) is 12.8 Å². The number of carbonyl (C=O) groups excluding carboxylic acids is 2. The summed E-state index contributed by atoms with van der Waals surface area (Å²) in [5.74, 6) is -0.129. The maximum absolute atomic E-state index is 12.9. The van der Waals surface area contributed by atoms with E-state index in [2.05, 4.69) is 5.32 Å². The van der Waals surface area contributed by atoms with Crippen molar-refractivity contribution >= 4 is 21.8 Å². The van der Waals surface area contributed by atoms with Crippen LogP contribution in [0.2, 0.25) is 0 Å². The van der Waals surface area contributed by atoms with Gasteiger partial charge in [0.25, 0.3) is 0 Å². The minimum absolute atomic E-state index is 0.141. The molecule has 1 atom stereocenters. The number of nitrogens with zero attached hydrogens (tertiary/aromatic N) is 2. The number of sulfonamides is 1. The molecule has 8 heteroatoms. The summed E-state index contributed by atoms with van der Waals surface area (Å²) >= 11 is 0. The van der Waals surface area contributed by atoms with E-state index in [4.69, 9.17) is 0 Å². The summed E-state index contributed by atoms with van der Waals surface area (Å²) in [7, 11) is -3.33. The number of rotatable bonds is 2. The number of hydrogen-bond donors (Lipinski definition) is 1. The van der Waals surface area contributed by atoms with E-state index < -0.39 is 10.0 Å². The van der Waals surface area contributed by atoms with Crippen LogP contribution < -0.4 is 5.32 Å². The molecule has 2 rings (SSSR count). The van der Waals surface area contributed by atoms with Crippen molar-refractivity contribution < 1.29 is 18.0 Å². The number of nitrogens with one attached hydrogen (secondary N) is 1. The molecule has 0 aromatic heterocycles. The van der Waals surface area contributed by atoms with Gasteiger partial charge in [-0.2, -0.15) is 0 Å². The molecule has 1 N–H and O–H groups in total. The molecule has 2 aliphatic heterocycles. The van der Waals surface area contributed by atoms with Crippen molar-refractivity contribution in [3.63, 3.8) is 0 Å². The zero-order chi connectivity index (χ0) is 18.3. The Morgan fingerprint density at radius 3 is 2.32 bits per heavy atom. The minimum atomic E-state index is -3.33. The molecule has 1 unspecified atom stereocenters. The topological polar surface area (TPSA) is 86.8 Å². The van der Waals surface area contributed by atoms with E-state index in [9.17, 15) is 18.0 Å². The smallest absolute Gasteiger partial charge is 0.225 e. The SMILES string of the molecule is CS(=O)(=O)N1CCCC(C(=O)N2CCCCCC2)CCNC(=O)CC1. The molecule has 25 heavy (non-hydrogen) atoms. The second kappa shape index (κ2) is 9.52. The van der Waals surface area contributed by atoms with Crippen LogP contribution in [0.25, 0.3) is 0 Å². The normalized spacial score (nSPS) is 25.6. The monoisotopic (exact) mass is 373 g/mol. The van der Waals surface area contributed by atoms with Crippen molar-refractivity contribution in [1.29, 1.82) is 0 Å². The van der Waals surface area contributed by atoms with Crippen LogP contribution >= 0.6 is 0 Å². The van der Waals surface area contributed by atoms with Gasteiger partial charge < -0.3 is 10.2 Å². The highest BCUT2D eigenvalue weighted by molar-refractivity contribution is 7.88. The lowest BCUT2D eigenvalue weighted by Crippen LogP contribution is -2.38. The molecule has 0 aromatic rings. The first-order valence-electron chi connectivity index (χ1n) is 9.38. The summed E-state index contributed by atoms with van der Waals surface area (Å²) in [5.41, 5.74) is 0. The Hall–Kier alpha value is -1.15. The van der Waals surface area contributed by atoms with Gasteiger partial charge in [0, 0.05) is 45.1 Å². The van der Waals surface area contributed by atoms with Gasteiger partial charge in [-0.15, -0.1) is 0 Å². The summed E-state index contributed by atoms with van der Waals surface area (Å²) in [4.78, 5) is 26.7. The Morgan fingerprint density at radius 1 is 1.00 bits per heavy atom. The maximum atomic E-state index is 12.9. The highest BCUT2D eigenvalue weighted by Gasteiger charge is 2.26. The fourth-order valence-corrected chi connectivity index (χ4v) is 4.48. The fourth-order valence-electron chi connectivity index (χ4n) is 3.60. The van der Waals surface area contributed by atoms with Gasteiger partial charge in [-0.05, 0) is 32.1 Å². The predicted molar refractivity (Wildman–Crippen MR) is 96.4 cm³/mol. The van der Waals surface area contributed by atoms with Crippen LogP contribution in [0.1, 0.15) is 51.4 Å². The van der Waals surface area contributed by atoms with Gasteiger partial charge in [0.2, 0.25) is 21.8 Å². The fraction of sp³-hybridized carbons (Fsp3) is 0.882. The van der Waals surface area contributed by atoms with E-state index in [-0.39, 0.29) is 30.7 Å². The third-order valence-electron chi connectivity index (χ3n) is 5.10. The van der Waals surface area contributed by atoms with Crippen LogP contribution in [0.5, 0.6) is 0 Å². The summed E-state index contributed by atoms with van der Waals surface area (Å²) in [5, 5.41) is 2.82. The highest BCUT2D eigenvalue weighted by Crippen LogP contribution is 2.19. The van der Waals surface area contributed by atoms with Crippen molar-refractivity contribution in [1.82, 2.24) is 14.5 Å². The van der Waals surface area contributed by atoms with Crippen molar-refractivity contribution in [2.24, 2.45) is 5.92 Å². The van der Waals surface area contributed by atoms with E-state index in [1.807, 2.05) is 4.90 Å². The van der Waals surface area contributed by atoms with Crippen molar-refractivity contribution in [2.45, 2.75) is 51.4 Å². The second-order valence-electron chi connectivity index (χ2n) is 7.13. The van der Waals surface area contributed by atoms with Gasteiger partial charge in [0.1, 0.15) is 0 Å². The quantitative estimate of drug-likeness (QED) is 0.781. The molecule has 144 valence electrons. The van der Waals surface area contributed by atoms with Crippen LogP contribution in [0.15, 0.2) is 0 Å². The van der Waals surface area contributed by atoms with Crippen LogP contribution in [0.3, 0.4) is 0 Å². The zero-order valence-electron chi connectivity index (χ0n) is 15.2. The second-order valence-corrected chi connectivity index (χ2v) is 9.11. The molecular formula is C17H31N3O4S. The predicted octanol–water partition coefficient (Wildman–Crippen LogP) is 0.957. The van der Waals surface area contributed by atoms with E-state index >= 15 is 0 Å². The lowest BCUT2D eigenvalue weighted by Gasteiger charge is -2.26. The first kappa shape index (κ1) is 20.2. The molecule has 0 aromatic carbocycles. The van der Waals surface area contributed by atoms with Crippen molar-refractivity contribution in [2.75, 3.05) is 39.0 Å². The van der Waals surface area contributed by atoms with E-state index in [0.29, 0.717) is 32.4 Å². The van der Waals surface area contributed by atoms with Crippen molar-refractivity contribution in [3.8, 4) is 0 Å². The molecular weight excluding hydrogens is 342 g/mol. The highest BCUT2D eigenvalue weighted by atomic mass is 32.2. The Bertz CT molecular complexity index is 556. The summed E-state index contributed by atoms with van der Waals surface area (Å²) in [6, 6.07) is 0. The van der Waals surface area contributed by atoms with E-state index in [1.165, 1.54) is 23.4 Å². The van der Waals surface area contributed by atoms with E-state index in [1.54, 1.807) is 0 Å². The lowest BCUT2D eigenvalue weighted by molar-refractivity contribution is -0.136. The van der Waals surface area contributed by atoms with Crippen LogP contribution in [0.4, 0.5) is 0 Å². The van der Waals surface area contributed by atoms with Gasteiger partial charge in [-0.3, -0.25) is 9.59 Å². The minimum Gasteiger partial charge on any atom is -0.356 e. The lowest BCUT2D eigenvalue weighted by atomic mass is 9.97. The summed E-state index contributed by atoms with van der Waals surface area (Å²) in [6.07, 6.45) is 7.72. The number of carbonyl (C=O) groups is 2. The largest absolute Gasteiger partial charge is 0.356 e. The Balaban J connectivity index is 2.02. The van der Waals surface area contributed by atoms with Gasteiger partial charge in [-0.25, -0.2) is 12.7 Å².